The number of ketones is 1. The van der Waals surface area contributed by atoms with Crippen molar-refractivity contribution in [2.75, 3.05) is 11.9 Å². The molecule has 2 aromatic carbocycles. The molecular formula is C20H16BrNO2. The van der Waals surface area contributed by atoms with Gasteiger partial charge in [-0.05, 0) is 48.9 Å². The Hall–Kier alpha value is -2.64. The second-order valence-corrected chi connectivity index (χ2v) is 5.93. The smallest absolute Gasteiger partial charge is 0.212 e. The van der Waals surface area contributed by atoms with Crippen molar-refractivity contribution in [3.05, 3.63) is 79.9 Å². The molecule has 0 aliphatic heterocycles. The Kier molecular flexibility index (Phi) is 6.11. The van der Waals surface area contributed by atoms with Gasteiger partial charge < -0.3 is 5.32 Å². The molecule has 0 saturated carbocycles. The number of carbonyl (C=O) groups excluding carboxylic acids is 1. The molecule has 4 heteroatoms. The van der Waals surface area contributed by atoms with Crippen LogP contribution in [0.2, 0.25) is 0 Å². The molecule has 1 N–H and O–H groups in total. The summed E-state index contributed by atoms with van der Waals surface area (Å²) in [6.45, 7) is 2.49. The lowest BCUT2D eigenvalue weighted by molar-refractivity contribution is 0.104. The minimum atomic E-state index is -0.350. The summed E-state index contributed by atoms with van der Waals surface area (Å²) < 4.78 is 0.666. The van der Waals surface area contributed by atoms with Crippen molar-refractivity contribution in [3.8, 4) is 12.3 Å². The third kappa shape index (κ3) is 4.43. The molecule has 0 heterocycles. The highest BCUT2D eigenvalue weighted by atomic mass is 79.9. The standard InChI is InChI=1S/C20H16BrNO2/c1-3-14-5-7-15(8-6-14)9-12-19(23)17-13-16(21)10-11-18(20(17)24)22-4-2/h1,5-13H,4H2,2H3,(H,22,24)/b12-9+. The molecule has 24 heavy (non-hydrogen) atoms. The normalized spacial score (nSPS) is 10.4. The van der Waals surface area contributed by atoms with Gasteiger partial charge in [0, 0.05) is 16.6 Å². The van der Waals surface area contributed by atoms with Crippen molar-refractivity contribution in [1.29, 1.82) is 0 Å². The maximum absolute atomic E-state index is 12.5. The maximum Gasteiger partial charge on any atom is 0.212 e. The van der Waals surface area contributed by atoms with Crippen LogP contribution in [0.4, 0.5) is 5.69 Å². The first kappa shape index (κ1) is 17.7. The number of benzene rings is 1. The summed E-state index contributed by atoms with van der Waals surface area (Å²) in [4.78, 5) is 24.9. The van der Waals surface area contributed by atoms with Crippen LogP contribution in [0.1, 0.15) is 28.4 Å². The van der Waals surface area contributed by atoms with Gasteiger partial charge in [-0.25, -0.2) is 0 Å². The first-order valence-electron chi connectivity index (χ1n) is 7.42. The number of carbonyl (C=O) groups is 1. The van der Waals surface area contributed by atoms with E-state index in [-0.39, 0.29) is 16.8 Å². The molecule has 0 fully saturated rings. The zero-order valence-electron chi connectivity index (χ0n) is 13.2. The van der Waals surface area contributed by atoms with Crippen LogP contribution in [-0.4, -0.2) is 12.3 Å². The van der Waals surface area contributed by atoms with Crippen LogP contribution < -0.4 is 10.7 Å². The maximum atomic E-state index is 12.5. The lowest BCUT2D eigenvalue weighted by Gasteiger charge is -1.99. The van der Waals surface area contributed by atoms with Gasteiger partial charge in [0.1, 0.15) is 0 Å². The number of hydrogen-bond acceptors (Lipinski definition) is 3. The van der Waals surface area contributed by atoms with Crippen molar-refractivity contribution < 1.29 is 4.79 Å². The Bertz CT molecular complexity index is 877. The van der Waals surface area contributed by atoms with Crippen molar-refractivity contribution in [2.45, 2.75) is 6.92 Å². The van der Waals surface area contributed by atoms with Gasteiger partial charge >= 0.3 is 0 Å². The quantitative estimate of drug-likeness (QED) is 0.481. The topological polar surface area (TPSA) is 46.2 Å². The second-order valence-electron chi connectivity index (χ2n) is 5.01. The van der Waals surface area contributed by atoms with Crippen LogP contribution in [0, 0.1) is 12.3 Å². The molecule has 0 atom stereocenters. The molecule has 120 valence electrons. The molecular weight excluding hydrogens is 366 g/mol. The summed E-state index contributed by atoms with van der Waals surface area (Å²) in [7, 11) is 0. The summed E-state index contributed by atoms with van der Waals surface area (Å²) in [6, 6.07) is 12.2. The van der Waals surface area contributed by atoms with Crippen molar-refractivity contribution in [1.82, 2.24) is 0 Å². The highest BCUT2D eigenvalue weighted by Gasteiger charge is 2.10. The Labute approximate surface area is 149 Å². The molecule has 2 rings (SSSR count). The molecule has 0 aromatic heterocycles. The number of allylic oxidation sites excluding steroid dienone is 1. The Balaban J connectivity index is 2.35. The van der Waals surface area contributed by atoms with E-state index in [2.05, 4.69) is 27.2 Å². The fraction of sp³-hybridized carbons (Fsp3) is 0.100. The fourth-order valence-corrected chi connectivity index (χ4v) is 2.46. The average Bonchev–Trinajstić information content (AvgIpc) is 2.74. The summed E-state index contributed by atoms with van der Waals surface area (Å²) >= 11 is 3.33. The zero-order valence-corrected chi connectivity index (χ0v) is 14.8. The van der Waals surface area contributed by atoms with E-state index in [4.69, 9.17) is 6.42 Å². The van der Waals surface area contributed by atoms with E-state index >= 15 is 0 Å². The van der Waals surface area contributed by atoms with Crippen LogP contribution in [-0.2, 0) is 0 Å². The van der Waals surface area contributed by atoms with Gasteiger partial charge in [0.05, 0.1) is 11.3 Å². The number of hydrogen-bond donors (Lipinski definition) is 1. The molecule has 0 aliphatic carbocycles. The Morgan fingerprint density at radius 3 is 2.58 bits per heavy atom. The van der Waals surface area contributed by atoms with E-state index in [0.717, 1.165) is 11.1 Å². The fourth-order valence-electron chi connectivity index (χ4n) is 2.10. The molecule has 0 spiro atoms. The van der Waals surface area contributed by atoms with Gasteiger partial charge in [-0.2, -0.15) is 0 Å². The number of terminal acetylenes is 1. The summed E-state index contributed by atoms with van der Waals surface area (Å²) in [5, 5.41) is 2.98. The molecule has 0 radical (unpaired) electrons. The molecule has 0 saturated heterocycles. The predicted octanol–water partition coefficient (Wildman–Crippen LogP) is 4.12. The van der Waals surface area contributed by atoms with Gasteiger partial charge in [0.25, 0.3) is 0 Å². The van der Waals surface area contributed by atoms with E-state index in [1.54, 1.807) is 30.3 Å². The number of halogens is 1. The molecule has 0 amide bonds. The van der Waals surface area contributed by atoms with Crippen LogP contribution in [0.25, 0.3) is 6.08 Å². The van der Waals surface area contributed by atoms with E-state index in [0.29, 0.717) is 16.7 Å². The third-order valence-electron chi connectivity index (χ3n) is 3.32. The second kappa shape index (κ2) is 8.28. The summed E-state index contributed by atoms with van der Waals surface area (Å²) in [5.41, 5.74) is 1.80. The Morgan fingerprint density at radius 2 is 1.96 bits per heavy atom. The number of nitrogens with one attached hydrogen (secondary N) is 1. The predicted molar refractivity (Wildman–Crippen MR) is 102 cm³/mol. The average molecular weight is 382 g/mol. The van der Waals surface area contributed by atoms with Crippen LogP contribution in [0.5, 0.6) is 0 Å². The number of anilines is 1. The summed E-state index contributed by atoms with van der Waals surface area (Å²) in [5.74, 6) is 2.19. The minimum Gasteiger partial charge on any atom is -0.382 e. The molecule has 3 nitrogen and oxygen atoms in total. The van der Waals surface area contributed by atoms with Crippen molar-refractivity contribution in [2.24, 2.45) is 0 Å². The SMILES string of the molecule is C#Cc1ccc(/C=C/C(=O)c2cc(Br)ccc(NCC)c2=O)cc1. The highest BCUT2D eigenvalue weighted by Crippen LogP contribution is 2.13. The summed E-state index contributed by atoms with van der Waals surface area (Å²) in [6.07, 6.45) is 8.37. The number of rotatable bonds is 5. The van der Waals surface area contributed by atoms with E-state index < -0.39 is 0 Å². The Morgan fingerprint density at radius 1 is 1.25 bits per heavy atom. The first-order valence-corrected chi connectivity index (χ1v) is 8.21. The highest BCUT2D eigenvalue weighted by molar-refractivity contribution is 9.10. The van der Waals surface area contributed by atoms with Crippen LogP contribution >= 0.6 is 15.9 Å². The van der Waals surface area contributed by atoms with Gasteiger partial charge in [0.2, 0.25) is 5.43 Å². The minimum absolute atomic E-state index is 0.110. The molecule has 0 bridgehead atoms. The first-order chi connectivity index (χ1) is 11.5. The zero-order chi connectivity index (χ0) is 17.5. The lowest BCUT2D eigenvalue weighted by atomic mass is 10.1. The molecule has 0 aliphatic rings. The van der Waals surface area contributed by atoms with Crippen molar-refractivity contribution in [3.63, 3.8) is 0 Å². The molecule has 2 aromatic rings. The van der Waals surface area contributed by atoms with Gasteiger partial charge in [-0.1, -0.05) is 40.1 Å². The van der Waals surface area contributed by atoms with Crippen LogP contribution in [0.3, 0.4) is 0 Å². The monoisotopic (exact) mass is 381 g/mol. The van der Waals surface area contributed by atoms with Crippen LogP contribution in [0.15, 0.2) is 57.8 Å². The van der Waals surface area contributed by atoms with Gasteiger partial charge in [-0.3, -0.25) is 9.59 Å². The van der Waals surface area contributed by atoms with E-state index in [1.807, 2.05) is 19.1 Å². The molecule has 0 unspecified atom stereocenters. The van der Waals surface area contributed by atoms with Gasteiger partial charge in [-0.15, -0.1) is 6.42 Å². The van der Waals surface area contributed by atoms with Gasteiger partial charge in [0.15, 0.2) is 5.78 Å². The van der Waals surface area contributed by atoms with E-state index in [9.17, 15) is 9.59 Å². The lowest BCUT2D eigenvalue weighted by Crippen LogP contribution is -2.15. The van der Waals surface area contributed by atoms with Crippen molar-refractivity contribution >= 4 is 33.5 Å². The largest absolute Gasteiger partial charge is 0.382 e. The van der Waals surface area contributed by atoms with E-state index in [1.165, 1.54) is 12.1 Å². The third-order valence-corrected chi connectivity index (χ3v) is 3.81.